The second-order valence-electron chi connectivity index (χ2n) is 5.51. The molecule has 0 radical (unpaired) electrons. The summed E-state index contributed by atoms with van der Waals surface area (Å²) in [5.41, 5.74) is 0.0344. The van der Waals surface area contributed by atoms with E-state index in [2.05, 4.69) is 24.1 Å². The molecule has 3 heteroatoms. The third kappa shape index (κ3) is 2.24. The van der Waals surface area contributed by atoms with Gasteiger partial charge in [-0.1, -0.05) is 13.3 Å². The molecule has 2 aliphatic rings. The molecule has 2 rings (SSSR count). The lowest BCUT2D eigenvalue weighted by molar-refractivity contribution is -0.123. The zero-order valence-electron chi connectivity index (χ0n) is 10.6. The SMILES string of the molecule is CCCN1CC[C@@]2(C)NC(=O)CCCC[C@@H]12. The van der Waals surface area contributed by atoms with Crippen LogP contribution in [-0.4, -0.2) is 35.5 Å². The molecule has 0 unspecified atom stereocenters. The monoisotopic (exact) mass is 224 g/mol. The van der Waals surface area contributed by atoms with Gasteiger partial charge in [0.1, 0.15) is 0 Å². The molecule has 2 aliphatic heterocycles. The quantitative estimate of drug-likeness (QED) is 0.777. The fourth-order valence-corrected chi connectivity index (χ4v) is 3.31. The van der Waals surface area contributed by atoms with Gasteiger partial charge in [0.15, 0.2) is 0 Å². The number of carbonyl (C=O) groups excluding carboxylic acids is 1. The highest BCUT2D eigenvalue weighted by atomic mass is 16.1. The summed E-state index contributed by atoms with van der Waals surface area (Å²) in [5, 5.41) is 3.26. The number of hydrogen-bond acceptors (Lipinski definition) is 2. The van der Waals surface area contributed by atoms with Crippen LogP contribution in [0.25, 0.3) is 0 Å². The number of rotatable bonds is 2. The number of nitrogens with zero attached hydrogens (tertiary/aromatic N) is 1. The zero-order valence-corrected chi connectivity index (χ0v) is 10.6. The van der Waals surface area contributed by atoms with Gasteiger partial charge in [0.2, 0.25) is 5.91 Å². The van der Waals surface area contributed by atoms with Gasteiger partial charge >= 0.3 is 0 Å². The van der Waals surface area contributed by atoms with Crippen molar-refractivity contribution >= 4 is 5.91 Å². The van der Waals surface area contributed by atoms with Gasteiger partial charge in [0.05, 0.1) is 5.54 Å². The van der Waals surface area contributed by atoms with Crippen molar-refractivity contribution in [3.8, 4) is 0 Å². The van der Waals surface area contributed by atoms with Gasteiger partial charge in [-0.15, -0.1) is 0 Å². The van der Waals surface area contributed by atoms with E-state index in [0.29, 0.717) is 6.04 Å². The van der Waals surface area contributed by atoms with Crippen LogP contribution in [0.2, 0.25) is 0 Å². The van der Waals surface area contributed by atoms with Crippen LogP contribution in [0, 0.1) is 0 Å². The second-order valence-corrected chi connectivity index (χ2v) is 5.51. The Kier molecular flexibility index (Phi) is 3.53. The number of nitrogens with one attached hydrogen (secondary N) is 1. The molecule has 1 N–H and O–H groups in total. The van der Waals surface area contributed by atoms with Crippen molar-refractivity contribution < 1.29 is 4.79 Å². The molecule has 0 aliphatic carbocycles. The van der Waals surface area contributed by atoms with E-state index in [1.54, 1.807) is 0 Å². The van der Waals surface area contributed by atoms with E-state index < -0.39 is 0 Å². The van der Waals surface area contributed by atoms with E-state index in [0.717, 1.165) is 25.8 Å². The molecule has 92 valence electrons. The molecular formula is C13H24N2O. The third-order valence-electron chi connectivity index (χ3n) is 4.16. The van der Waals surface area contributed by atoms with Gasteiger partial charge in [0.25, 0.3) is 0 Å². The van der Waals surface area contributed by atoms with Crippen molar-refractivity contribution in [1.82, 2.24) is 10.2 Å². The summed E-state index contributed by atoms with van der Waals surface area (Å²) in [7, 11) is 0. The van der Waals surface area contributed by atoms with Gasteiger partial charge in [-0.3, -0.25) is 9.69 Å². The van der Waals surface area contributed by atoms with Gasteiger partial charge in [0, 0.05) is 19.0 Å². The van der Waals surface area contributed by atoms with Crippen LogP contribution < -0.4 is 5.32 Å². The lowest BCUT2D eigenvalue weighted by Gasteiger charge is -2.37. The Balaban J connectivity index is 2.10. The lowest BCUT2D eigenvalue weighted by atomic mass is 9.87. The normalized spacial score (nSPS) is 36.4. The van der Waals surface area contributed by atoms with Crippen molar-refractivity contribution in [2.24, 2.45) is 0 Å². The second kappa shape index (κ2) is 4.74. The molecule has 2 atom stereocenters. The Morgan fingerprint density at radius 2 is 2.31 bits per heavy atom. The first-order chi connectivity index (χ1) is 7.65. The van der Waals surface area contributed by atoms with Crippen molar-refractivity contribution in [2.75, 3.05) is 13.1 Å². The topological polar surface area (TPSA) is 32.3 Å². The molecule has 2 saturated heterocycles. The Morgan fingerprint density at radius 3 is 3.06 bits per heavy atom. The van der Waals surface area contributed by atoms with E-state index in [4.69, 9.17) is 0 Å². The van der Waals surface area contributed by atoms with E-state index in [1.165, 1.54) is 25.8 Å². The molecule has 3 nitrogen and oxygen atoms in total. The highest BCUT2D eigenvalue weighted by Crippen LogP contribution is 2.33. The average molecular weight is 224 g/mol. The predicted molar refractivity (Wildman–Crippen MR) is 65.3 cm³/mol. The Bertz CT molecular complexity index is 267. The summed E-state index contributed by atoms with van der Waals surface area (Å²) < 4.78 is 0. The minimum atomic E-state index is 0.0344. The maximum atomic E-state index is 11.7. The fourth-order valence-electron chi connectivity index (χ4n) is 3.31. The minimum absolute atomic E-state index is 0.0344. The summed E-state index contributed by atoms with van der Waals surface area (Å²) in [5.74, 6) is 0.255. The van der Waals surface area contributed by atoms with Crippen LogP contribution in [0.4, 0.5) is 0 Å². The molecule has 0 spiro atoms. The van der Waals surface area contributed by atoms with E-state index in [9.17, 15) is 4.79 Å². The molecule has 2 fully saturated rings. The lowest BCUT2D eigenvalue weighted by Crippen LogP contribution is -2.55. The van der Waals surface area contributed by atoms with E-state index >= 15 is 0 Å². The molecule has 1 amide bonds. The van der Waals surface area contributed by atoms with Crippen LogP contribution in [0.3, 0.4) is 0 Å². The van der Waals surface area contributed by atoms with Crippen LogP contribution in [0.5, 0.6) is 0 Å². The summed E-state index contributed by atoms with van der Waals surface area (Å²) in [6, 6.07) is 0.566. The van der Waals surface area contributed by atoms with Crippen molar-refractivity contribution in [3.05, 3.63) is 0 Å². The van der Waals surface area contributed by atoms with E-state index in [1.807, 2.05) is 0 Å². The molecule has 16 heavy (non-hydrogen) atoms. The van der Waals surface area contributed by atoms with Crippen LogP contribution in [0.1, 0.15) is 52.4 Å². The van der Waals surface area contributed by atoms with Crippen molar-refractivity contribution in [3.63, 3.8) is 0 Å². The van der Waals surface area contributed by atoms with Crippen LogP contribution in [0.15, 0.2) is 0 Å². The highest BCUT2D eigenvalue weighted by Gasteiger charge is 2.44. The molecule has 0 saturated carbocycles. The zero-order chi connectivity index (χ0) is 11.6. The van der Waals surface area contributed by atoms with Gasteiger partial charge in [-0.05, 0) is 39.2 Å². The van der Waals surface area contributed by atoms with Crippen LogP contribution in [-0.2, 0) is 4.79 Å². The first-order valence-corrected chi connectivity index (χ1v) is 6.71. The first-order valence-electron chi connectivity index (χ1n) is 6.71. The molecule has 0 aromatic heterocycles. The molecule has 0 aromatic carbocycles. The number of hydrogen-bond donors (Lipinski definition) is 1. The fraction of sp³-hybridized carbons (Fsp3) is 0.923. The molecular weight excluding hydrogens is 200 g/mol. The smallest absolute Gasteiger partial charge is 0.220 e. The standard InChI is InChI=1S/C13H24N2O/c1-3-9-15-10-8-13(2)11(15)6-4-5-7-12(16)14-13/h11H,3-10H2,1-2H3,(H,14,16)/t11-,13-/m1/s1. The maximum Gasteiger partial charge on any atom is 0.220 e. The van der Waals surface area contributed by atoms with Crippen LogP contribution >= 0.6 is 0 Å². The summed E-state index contributed by atoms with van der Waals surface area (Å²) in [6.07, 6.45) is 6.54. The number of likely N-dealkylation sites (tertiary alicyclic amines) is 1. The number of amides is 1. The Morgan fingerprint density at radius 1 is 1.50 bits per heavy atom. The summed E-state index contributed by atoms with van der Waals surface area (Å²) in [4.78, 5) is 14.3. The molecule has 0 aromatic rings. The largest absolute Gasteiger partial charge is 0.349 e. The third-order valence-corrected chi connectivity index (χ3v) is 4.16. The first kappa shape index (κ1) is 11.9. The van der Waals surface area contributed by atoms with Crippen molar-refractivity contribution in [1.29, 1.82) is 0 Å². The van der Waals surface area contributed by atoms with Gasteiger partial charge in [-0.25, -0.2) is 0 Å². The molecule has 0 bridgehead atoms. The number of fused-ring (bicyclic) bond motifs is 1. The minimum Gasteiger partial charge on any atom is -0.349 e. The maximum absolute atomic E-state index is 11.7. The molecule has 2 heterocycles. The van der Waals surface area contributed by atoms with E-state index in [-0.39, 0.29) is 11.4 Å². The Hall–Kier alpha value is -0.570. The average Bonchev–Trinajstić information content (AvgIpc) is 2.49. The van der Waals surface area contributed by atoms with Gasteiger partial charge in [-0.2, -0.15) is 0 Å². The Labute approximate surface area is 98.6 Å². The summed E-state index contributed by atoms with van der Waals surface area (Å²) in [6.45, 7) is 6.79. The van der Waals surface area contributed by atoms with Gasteiger partial charge < -0.3 is 5.32 Å². The predicted octanol–water partition coefficient (Wildman–Crippen LogP) is 1.92. The van der Waals surface area contributed by atoms with Crippen molar-refractivity contribution in [2.45, 2.75) is 64.0 Å². The number of carbonyl (C=O) groups is 1. The highest BCUT2D eigenvalue weighted by molar-refractivity contribution is 5.77. The summed E-state index contributed by atoms with van der Waals surface area (Å²) >= 11 is 0.